The number of amides is 2. The molecule has 118 valence electrons. The average Bonchev–Trinajstić information content (AvgIpc) is 2.71. The maximum atomic E-state index is 12.7. The highest BCUT2D eigenvalue weighted by Gasteiger charge is 2.39. The van der Waals surface area contributed by atoms with Crippen LogP contribution in [0.5, 0.6) is 5.75 Å². The van der Waals surface area contributed by atoms with E-state index in [0.717, 1.165) is 11.3 Å². The van der Waals surface area contributed by atoms with Gasteiger partial charge in [-0.2, -0.15) is 0 Å². The van der Waals surface area contributed by atoms with Crippen LogP contribution in [0.4, 0.5) is 0 Å². The van der Waals surface area contributed by atoms with Crippen molar-refractivity contribution in [2.75, 3.05) is 18.9 Å². The van der Waals surface area contributed by atoms with Crippen molar-refractivity contribution in [3.63, 3.8) is 0 Å². The summed E-state index contributed by atoms with van der Waals surface area (Å²) in [6, 6.07) is 7.31. The van der Waals surface area contributed by atoms with Crippen LogP contribution in [0.25, 0.3) is 0 Å². The minimum Gasteiger partial charge on any atom is -0.491 e. The number of carbonyl (C=O) groups is 2. The predicted molar refractivity (Wildman–Crippen MR) is 85.8 cm³/mol. The van der Waals surface area contributed by atoms with Crippen LogP contribution >= 0.6 is 11.8 Å². The van der Waals surface area contributed by atoms with Gasteiger partial charge in [-0.1, -0.05) is 18.2 Å². The Bertz CT molecular complexity index is 603. The summed E-state index contributed by atoms with van der Waals surface area (Å²) in [4.78, 5) is 26.5. The van der Waals surface area contributed by atoms with Crippen LogP contribution < -0.4 is 10.1 Å². The number of fused-ring (bicyclic) bond motifs is 1. The van der Waals surface area contributed by atoms with E-state index in [2.05, 4.69) is 5.32 Å². The minimum atomic E-state index is -0.467. The van der Waals surface area contributed by atoms with Crippen molar-refractivity contribution in [2.45, 2.75) is 31.2 Å². The summed E-state index contributed by atoms with van der Waals surface area (Å²) >= 11 is 1.53. The van der Waals surface area contributed by atoms with E-state index in [4.69, 9.17) is 4.74 Å². The van der Waals surface area contributed by atoms with Gasteiger partial charge in [-0.25, -0.2) is 0 Å². The molecule has 0 radical (unpaired) electrons. The molecule has 3 rings (SSSR count). The Morgan fingerprint density at radius 2 is 2.18 bits per heavy atom. The van der Waals surface area contributed by atoms with Gasteiger partial charge in [0.15, 0.2) is 0 Å². The molecule has 0 spiro atoms. The third-order valence-corrected chi connectivity index (χ3v) is 5.43. The number of rotatable bonds is 1. The standard InChI is InChI=1S/C16H20N2O3S/c1-16(2)15(20)17-12(10-22-16)14(19)18-7-8-21-13-6-4-3-5-11(13)9-18/h3-6,12H,7-10H2,1-2H3,(H,17,20)/t12-/m1/s1. The number of benzene rings is 1. The molecule has 0 bridgehead atoms. The fraction of sp³-hybridized carbons (Fsp3) is 0.500. The minimum absolute atomic E-state index is 0.0309. The second-order valence-electron chi connectivity index (χ2n) is 6.06. The Balaban J connectivity index is 1.72. The molecule has 5 nitrogen and oxygen atoms in total. The molecule has 1 saturated heterocycles. The SMILES string of the molecule is CC1(C)SC[C@H](C(=O)N2CCOc3ccccc3C2)NC1=O. The van der Waals surface area contributed by atoms with Gasteiger partial charge >= 0.3 is 0 Å². The Morgan fingerprint density at radius 3 is 2.95 bits per heavy atom. The highest BCUT2D eigenvalue weighted by atomic mass is 32.2. The van der Waals surface area contributed by atoms with Crippen molar-refractivity contribution >= 4 is 23.6 Å². The highest BCUT2D eigenvalue weighted by Crippen LogP contribution is 2.30. The zero-order valence-corrected chi connectivity index (χ0v) is 13.6. The van der Waals surface area contributed by atoms with Crippen LogP contribution in [0.15, 0.2) is 24.3 Å². The summed E-state index contributed by atoms with van der Waals surface area (Å²) in [6.07, 6.45) is 0. The van der Waals surface area contributed by atoms with E-state index < -0.39 is 10.8 Å². The number of hydrogen-bond acceptors (Lipinski definition) is 4. The number of para-hydroxylation sites is 1. The quantitative estimate of drug-likeness (QED) is 0.850. The number of nitrogens with zero attached hydrogens (tertiary/aromatic N) is 1. The molecule has 1 atom stereocenters. The van der Waals surface area contributed by atoms with E-state index >= 15 is 0 Å². The smallest absolute Gasteiger partial charge is 0.246 e. The molecular weight excluding hydrogens is 300 g/mol. The van der Waals surface area contributed by atoms with Crippen molar-refractivity contribution in [3.05, 3.63) is 29.8 Å². The van der Waals surface area contributed by atoms with E-state index in [0.29, 0.717) is 25.4 Å². The molecule has 1 N–H and O–H groups in total. The third-order valence-electron chi connectivity index (χ3n) is 4.03. The largest absolute Gasteiger partial charge is 0.491 e. The van der Waals surface area contributed by atoms with Crippen molar-refractivity contribution in [1.29, 1.82) is 0 Å². The van der Waals surface area contributed by atoms with Gasteiger partial charge < -0.3 is 15.0 Å². The van der Waals surface area contributed by atoms with Crippen LogP contribution in [0.3, 0.4) is 0 Å². The Hall–Kier alpha value is -1.69. The predicted octanol–water partition coefficient (Wildman–Crippen LogP) is 1.42. The summed E-state index contributed by atoms with van der Waals surface area (Å²) in [5, 5.41) is 2.86. The van der Waals surface area contributed by atoms with Gasteiger partial charge in [0, 0.05) is 17.9 Å². The van der Waals surface area contributed by atoms with Gasteiger partial charge in [-0.05, 0) is 19.9 Å². The van der Waals surface area contributed by atoms with Gasteiger partial charge in [0.1, 0.15) is 18.4 Å². The van der Waals surface area contributed by atoms with E-state index in [1.54, 1.807) is 4.90 Å². The van der Waals surface area contributed by atoms with Crippen LogP contribution in [-0.2, 0) is 16.1 Å². The van der Waals surface area contributed by atoms with Gasteiger partial charge in [-0.3, -0.25) is 9.59 Å². The zero-order chi connectivity index (χ0) is 15.7. The number of thioether (sulfide) groups is 1. The van der Waals surface area contributed by atoms with Gasteiger partial charge in [0.2, 0.25) is 11.8 Å². The molecule has 1 aromatic rings. The van der Waals surface area contributed by atoms with Crippen molar-refractivity contribution in [2.24, 2.45) is 0 Å². The van der Waals surface area contributed by atoms with E-state index in [9.17, 15) is 9.59 Å². The molecule has 2 heterocycles. The van der Waals surface area contributed by atoms with Crippen LogP contribution in [-0.4, -0.2) is 46.4 Å². The zero-order valence-electron chi connectivity index (χ0n) is 12.8. The molecule has 2 amide bonds. The van der Waals surface area contributed by atoms with E-state index in [1.807, 2.05) is 38.1 Å². The molecule has 22 heavy (non-hydrogen) atoms. The number of nitrogens with one attached hydrogen (secondary N) is 1. The lowest BCUT2D eigenvalue weighted by Gasteiger charge is -2.35. The van der Waals surface area contributed by atoms with Gasteiger partial charge in [0.05, 0.1) is 11.3 Å². The van der Waals surface area contributed by atoms with Crippen molar-refractivity contribution < 1.29 is 14.3 Å². The molecule has 2 aliphatic heterocycles. The lowest BCUT2D eigenvalue weighted by Crippen LogP contribution is -2.57. The molecule has 0 saturated carbocycles. The lowest BCUT2D eigenvalue weighted by atomic mass is 10.1. The average molecular weight is 320 g/mol. The first kappa shape index (κ1) is 15.2. The Labute approximate surface area is 134 Å². The first-order valence-electron chi connectivity index (χ1n) is 7.42. The number of carbonyl (C=O) groups excluding carboxylic acids is 2. The van der Waals surface area contributed by atoms with Crippen molar-refractivity contribution in [1.82, 2.24) is 10.2 Å². The third kappa shape index (κ3) is 2.92. The molecule has 0 aromatic heterocycles. The molecule has 6 heteroatoms. The summed E-state index contributed by atoms with van der Waals surface area (Å²) in [7, 11) is 0. The molecule has 0 aliphatic carbocycles. The van der Waals surface area contributed by atoms with Gasteiger partial charge in [0.25, 0.3) is 0 Å². The fourth-order valence-corrected chi connectivity index (χ4v) is 3.60. The fourth-order valence-electron chi connectivity index (χ4n) is 2.60. The molecule has 2 aliphatic rings. The van der Waals surface area contributed by atoms with E-state index in [-0.39, 0.29) is 11.8 Å². The molecule has 0 unspecified atom stereocenters. The van der Waals surface area contributed by atoms with Crippen LogP contribution in [0.1, 0.15) is 19.4 Å². The summed E-state index contributed by atoms with van der Waals surface area (Å²) in [6.45, 7) is 5.29. The molecule has 1 fully saturated rings. The van der Waals surface area contributed by atoms with Crippen molar-refractivity contribution in [3.8, 4) is 5.75 Å². The van der Waals surface area contributed by atoms with Crippen LogP contribution in [0.2, 0.25) is 0 Å². The summed E-state index contributed by atoms with van der Waals surface area (Å²) < 4.78 is 5.22. The number of hydrogen-bond donors (Lipinski definition) is 1. The normalized spacial score (nSPS) is 23.8. The molecular formula is C16H20N2O3S. The van der Waals surface area contributed by atoms with Crippen LogP contribution in [0, 0.1) is 0 Å². The second-order valence-corrected chi connectivity index (χ2v) is 7.71. The maximum Gasteiger partial charge on any atom is 0.246 e. The topological polar surface area (TPSA) is 58.6 Å². The monoisotopic (exact) mass is 320 g/mol. The summed E-state index contributed by atoms with van der Waals surface area (Å²) in [5.74, 6) is 1.34. The first-order chi connectivity index (χ1) is 10.5. The lowest BCUT2D eigenvalue weighted by molar-refractivity contribution is -0.137. The molecule has 1 aromatic carbocycles. The van der Waals surface area contributed by atoms with Gasteiger partial charge in [-0.15, -0.1) is 11.8 Å². The first-order valence-corrected chi connectivity index (χ1v) is 8.40. The number of ether oxygens (including phenoxy) is 1. The Morgan fingerprint density at radius 1 is 1.41 bits per heavy atom. The highest BCUT2D eigenvalue weighted by molar-refractivity contribution is 8.01. The summed E-state index contributed by atoms with van der Waals surface area (Å²) in [5.41, 5.74) is 1.00. The second kappa shape index (κ2) is 5.83. The maximum absolute atomic E-state index is 12.7. The van der Waals surface area contributed by atoms with E-state index in [1.165, 1.54) is 11.8 Å². The Kier molecular flexibility index (Phi) is 4.04.